The fourth-order valence-electron chi connectivity index (χ4n) is 2.12. The van der Waals surface area contributed by atoms with E-state index < -0.39 is 0 Å². The summed E-state index contributed by atoms with van der Waals surface area (Å²) in [4.78, 5) is 6.89. The van der Waals surface area contributed by atoms with E-state index in [9.17, 15) is 0 Å². The van der Waals surface area contributed by atoms with Gasteiger partial charge in [-0.05, 0) is 53.5 Å². The van der Waals surface area contributed by atoms with Crippen molar-refractivity contribution in [2.75, 3.05) is 20.7 Å². The zero-order valence-corrected chi connectivity index (χ0v) is 11.5. The van der Waals surface area contributed by atoms with Crippen LogP contribution in [0.5, 0.6) is 5.88 Å². The predicted molar refractivity (Wildman–Crippen MR) is 67.9 cm³/mol. The van der Waals surface area contributed by atoms with Gasteiger partial charge in [0.15, 0.2) is 0 Å². The second-order valence-corrected chi connectivity index (χ2v) is 5.30. The molecule has 0 aliphatic carbocycles. The lowest BCUT2D eigenvalue weighted by Crippen LogP contribution is -2.17. The Labute approximate surface area is 105 Å². The highest BCUT2D eigenvalue weighted by Crippen LogP contribution is 2.32. The van der Waals surface area contributed by atoms with Crippen LogP contribution in [0.3, 0.4) is 0 Å². The van der Waals surface area contributed by atoms with Gasteiger partial charge in [-0.15, -0.1) is 0 Å². The molecule has 0 radical (unpaired) electrons. The largest absolute Gasteiger partial charge is 0.480 e. The maximum Gasteiger partial charge on any atom is 0.227 e. The second kappa shape index (κ2) is 4.72. The first-order valence-electron chi connectivity index (χ1n) is 5.53. The molecule has 1 atom stereocenters. The summed E-state index contributed by atoms with van der Waals surface area (Å²) < 4.78 is 6.20. The molecule has 0 aromatic carbocycles. The average Bonchev–Trinajstić information content (AvgIpc) is 2.39. The molecule has 1 aromatic heterocycles. The van der Waals surface area contributed by atoms with Crippen LogP contribution < -0.4 is 4.74 Å². The maximum absolute atomic E-state index is 5.25. The van der Waals surface area contributed by atoms with Crippen molar-refractivity contribution in [2.24, 2.45) is 0 Å². The van der Waals surface area contributed by atoms with Crippen LogP contribution in [0.1, 0.15) is 30.5 Å². The zero-order chi connectivity index (χ0) is 11.7. The molecule has 2 heterocycles. The van der Waals surface area contributed by atoms with Crippen LogP contribution in [-0.2, 0) is 6.54 Å². The fraction of sp³-hybridized carbons (Fsp3) is 0.583. The van der Waals surface area contributed by atoms with Crippen molar-refractivity contribution in [1.82, 2.24) is 9.88 Å². The molecule has 88 valence electrons. The molecule has 4 heteroatoms. The second-order valence-electron chi connectivity index (χ2n) is 4.44. The molecule has 1 aromatic rings. The van der Waals surface area contributed by atoms with E-state index in [4.69, 9.17) is 4.74 Å². The topological polar surface area (TPSA) is 25.4 Å². The highest BCUT2D eigenvalue weighted by atomic mass is 79.9. The third-order valence-corrected chi connectivity index (χ3v) is 3.71. The predicted octanol–water partition coefficient (Wildman–Crippen LogP) is 2.79. The normalized spacial score (nSPS) is 21.4. The number of halogens is 1. The Balaban J connectivity index is 2.47. The van der Waals surface area contributed by atoms with Crippen LogP contribution in [0.15, 0.2) is 10.5 Å². The highest BCUT2D eigenvalue weighted by molar-refractivity contribution is 9.10. The van der Waals surface area contributed by atoms with Gasteiger partial charge in [-0.2, -0.15) is 0 Å². The van der Waals surface area contributed by atoms with E-state index in [2.05, 4.69) is 45.9 Å². The zero-order valence-electron chi connectivity index (χ0n) is 9.96. The van der Waals surface area contributed by atoms with E-state index in [1.807, 2.05) is 0 Å². The van der Waals surface area contributed by atoms with Gasteiger partial charge in [-0.1, -0.05) is 6.92 Å². The Morgan fingerprint density at radius 1 is 1.56 bits per heavy atom. The third-order valence-electron chi connectivity index (χ3n) is 3.14. The summed E-state index contributed by atoms with van der Waals surface area (Å²) in [7, 11) is 3.79. The molecular weight excluding hydrogens is 268 g/mol. The van der Waals surface area contributed by atoms with Gasteiger partial charge in [-0.3, -0.25) is 0 Å². The number of methoxy groups -OCH3 is 1. The summed E-state index contributed by atoms with van der Waals surface area (Å²) in [6, 6.07) is 2.16. The fourth-order valence-corrected chi connectivity index (χ4v) is 2.62. The summed E-state index contributed by atoms with van der Waals surface area (Å²) in [5.74, 6) is 1.25. The van der Waals surface area contributed by atoms with E-state index in [0.29, 0.717) is 11.8 Å². The lowest BCUT2D eigenvalue weighted by atomic mass is 9.98. The van der Waals surface area contributed by atoms with Crippen molar-refractivity contribution < 1.29 is 4.74 Å². The number of hydrogen-bond acceptors (Lipinski definition) is 3. The van der Waals surface area contributed by atoms with Crippen molar-refractivity contribution in [3.8, 4) is 5.88 Å². The number of hydrogen-bond donors (Lipinski definition) is 0. The summed E-state index contributed by atoms with van der Waals surface area (Å²) in [5, 5.41) is 0. The van der Waals surface area contributed by atoms with E-state index in [-0.39, 0.29) is 0 Å². The van der Waals surface area contributed by atoms with E-state index >= 15 is 0 Å². The van der Waals surface area contributed by atoms with Gasteiger partial charge in [0, 0.05) is 6.54 Å². The molecule has 2 rings (SSSR count). The average molecular weight is 285 g/mol. The lowest BCUT2D eigenvalue weighted by Gasteiger charge is -2.14. The monoisotopic (exact) mass is 284 g/mol. The number of fused-ring (bicyclic) bond motifs is 1. The van der Waals surface area contributed by atoms with Gasteiger partial charge in [-0.25, -0.2) is 4.98 Å². The van der Waals surface area contributed by atoms with Crippen LogP contribution in [0.4, 0.5) is 0 Å². The molecule has 0 N–H and O–H groups in total. The third kappa shape index (κ3) is 2.23. The maximum atomic E-state index is 5.25. The van der Waals surface area contributed by atoms with E-state index in [1.54, 1.807) is 7.11 Å². The summed E-state index contributed by atoms with van der Waals surface area (Å²) in [5.41, 5.74) is 2.49. The minimum atomic E-state index is 0.564. The number of ether oxygens (including phenoxy) is 1. The van der Waals surface area contributed by atoms with Crippen LogP contribution in [0, 0.1) is 0 Å². The summed E-state index contributed by atoms with van der Waals surface area (Å²) in [6.45, 7) is 4.29. The number of nitrogens with zero attached hydrogens (tertiary/aromatic N) is 2. The molecule has 16 heavy (non-hydrogen) atoms. The Bertz CT molecular complexity index is 395. The van der Waals surface area contributed by atoms with Crippen molar-refractivity contribution in [3.05, 3.63) is 21.8 Å². The van der Waals surface area contributed by atoms with Crippen molar-refractivity contribution in [2.45, 2.75) is 25.8 Å². The standard InChI is InChI=1S/C12H17BrN2O/c1-8-4-5-15(2)7-11-9(8)6-10(13)12(14-11)16-3/h6,8H,4-5,7H2,1-3H3. The smallest absolute Gasteiger partial charge is 0.227 e. The molecule has 0 saturated carbocycles. The quantitative estimate of drug-likeness (QED) is 0.793. The Morgan fingerprint density at radius 3 is 3.00 bits per heavy atom. The van der Waals surface area contributed by atoms with Crippen molar-refractivity contribution >= 4 is 15.9 Å². The SMILES string of the molecule is COc1nc2c(cc1Br)C(C)CCN(C)C2. The Hall–Kier alpha value is -0.610. The Kier molecular flexibility index (Phi) is 3.50. The van der Waals surface area contributed by atoms with Crippen molar-refractivity contribution in [3.63, 3.8) is 0 Å². The molecule has 1 unspecified atom stereocenters. The van der Waals surface area contributed by atoms with Crippen LogP contribution in [-0.4, -0.2) is 30.6 Å². The summed E-state index contributed by atoms with van der Waals surface area (Å²) in [6.07, 6.45) is 1.18. The van der Waals surface area contributed by atoms with Gasteiger partial charge in [0.2, 0.25) is 5.88 Å². The molecule has 0 fully saturated rings. The molecule has 0 spiro atoms. The molecule has 1 aliphatic heterocycles. The van der Waals surface area contributed by atoms with Gasteiger partial charge < -0.3 is 9.64 Å². The van der Waals surface area contributed by atoms with Gasteiger partial charge in [0.05, 0.1) is 17.3 Å². The van der Waals surface area contributed by atoms with E-state index in [1.165, 1.54) is 12.0 Å². The minimum absolute atomic E-state index is 0.564. The molecule has 0 bridgehead atoms. The number of aromatic nitrogens is 1. The van der Waals surface area contributed by atoms with Crippen LogP contribution >= 0.6 is 15.9 Å². The van der Waals surface area contributed by atoms with Gasteiger partial charge in [0.1, 0.15) is 0 Å². The number of rotatable bonds is 1. The molecular formula is C12H17BrN2O. The van der Waals surface area contributed by atoms with Crippen LogP contribution in [0.25, 0.3) is 0 Å². The van der Waals surface area contributed by atoms with Crippen molar-refractivity contribution in [1.29, 1.82) is 0 Å². The van der Waals surface area contributed by atoms with E-state index in [0.717, 1.165) is 23.3 Å². The van der Waals surface area contributed by atoms with Crippen LogP contribution in [0.2, 0.25) is 0 Å². The molecule has 1 aliphatic rings. The minimum Gasteiger partial charge on any atom is -0.480 e. The molecule has 0 amide bonds. The first-order valence-corrected chi connectivity index (χ1v) is 6.33. The van der Waals surface area contributed by atoms with Gasteiger partial charge >= 0.3 is 0 Å². The first kappa shape index (κ1) is 11.9. The summed E-state index contributed by atoms with van der Waals surface area (Å²) >= 11 is 3.50. The first-order chi connectivity index (χ1) is 7.61. The lowest BCUT2D eigenvalue weighted by molar-refractivity contribution is 0.321. The molecule has 0 saturated heterocycles. The Morgan fingerprint density at radius 2 is 2.31 bits per heavy atom. The highest BCUT2D eigenvalue weighted by Gasteiger charge is 2.20. The number of pyridine rings is 1. The molecule has 3 nitrogen and oxygen atoms in total. The van der Waals surface area contributed by atoms with Gasteiger partial charge in [0.25, 0.3) is 0 Å².